The summed E-state index contributed by atoms with van der Waals surface area (Å²) in [6.45, 7) is 0. The number of halogens is 1. The number of pyridine rings is 1. The molecular weight excluding hydrogens is 260 g/mol. The molecular formula is C11H9ClN2O2S. The zero-order chi connectivity index (χ0) is 12.3. The smallest absolute Gasteiger partial charge is 0.258 e. The van der Waals surface area contributed by atoms with Crippen LogP contribution in [0.5, 0.6) is 0 Å². The third-order valence-electron chi connectivity index (χ3n) is 2.21. The van der Waals surface area contributed by atoms with Crippen LogP contribution in [-0.4, -0.2) is 9.91 Å². The number of hydrogen-bond donors (Lipinski definition) is 0. The fraction of sp³-hybridized carbons (Fsp3) is 0.182. The van der Waals surface area contributed by atoms with Gasteiger partial charge in [-0.25, -0.2) is 4.98 Å². The van der Waals surface area contributed by atoms with Gasteiger partial charge >= 0.3 is 0 Å². The van der Waals surface area contributed by atoms with Crippen LogP contribution in [0.2, 0.25) is 0 Å². The van der Waals surface area contributed by atoms with Gasteiger partial charge in [0.25, 0.3) is 5.69 Å². The van der Waals surface area contributed by atoms with Gasteiger partial charge in [-0.1, -0.05) is 35.5 Å². The van der Waals surface area contributed by atoms with Crippen molar-refractivity contribution in [1.29, 1.82) is 0 Å². The summed E-state index contributed by atoms with van der Waals surface area (Å²) in [5.74, 6) is 0. The largest absolute Gasteiger partial charge is 0.287 e. The van der Waals surface area contributed by atoms with Crippen LogP contribution in [0.1, 0.15) is 12.8 Å². The Morgan fingerprint density at radius 1 is 1.47 bits per heavy atom. The Morgan fingerprint density at radius 2 is 2.29 bits per heavy atom. The molecule has 0 saturated heterocycles. The van der Waals surface area contributed by atoms with Gasteiger partial charge in [0, 0.05) is 16.0 Å². The van der Waals surface area contributed by atoms with Crippen molar-refractivity contribution in [1.82, 2.24) is 4.98 Å². The SMILES string of the molecule is O=[N+]([O-])c1ccc(SC2=C(Cl)CCC=C2)nc1. The molecule has 88 valence electrons. The van der Waals surface area contributed by atoms with E-state index < -0.39 is 4.92 Å². The second-order valence-electron chi connectivity index (χ2n) is 3.42. The molecule has 0 fully saturated rings. The molecule has 1 aromatic heterocycles. The Kier molecular flexibility index (Phi) is 3.81. The van der Waals surface area contributed by atoms with Crippen molar-refractivity contribution in [2.24, 2.45) is 0 Å². The molecule has 1 aliphatic carbocycles. The van der Waals surface area contributed by atoms with Crippen molar-refractivity contribution in [3.8, 4) is 0 Å². The van der Waals surface area contributed by atoms with Gasteiger partial charge in [-0.15, -0.1) is 0 Å². The van der Waals surface area contributed by atoms with Crippen LogP contribution in [0.3, 0.4) is 0 Å². The summed E-state index contributed by atoms with van der Waals surface area (Å²) in [6.07, 6.45) is 7.06. The molecule has 0 saturated carbocycles. The number of aromatic nitrogens is 1. The lowest BCUT2D eigenvalue weighted by atomic mass is 10.2. The number of nitro groups is 1. The highest BCUT2D eigenvalue weighted by molar-refractivity contribution is 8.03. The van der Waals surface area contributed by atoms with Crippen LogP contribution in [0.15, 0.2) is 45.4 Å². The lowest BCUT2D eigenvalue weighted by Crippen LogP contribution is -1.90. The molecule has 6 heteroatoms. The highest BCUT2D eigenvalue weighted by atomic mass is 35.5. The molecule has 0 N–H and O–H groups in total. The molecule has 0 aliphatic heterocycles. The van der Waals surface area contributed by atoms with Crippen molar-refractivity contribution in [3.63, 3.8) is 0 Å². The Bertz CT molecular complexity index is 497. The molecule has 1 aromatic rings. The highest BCUT2D eigenvalue weighted by Gasteiger charge is 2.10. The molecule has 0 spiro atoms. The van der Waals surface area contributed by atoms with Crippen LogP contribution in [0.25, 0.3) is 0 Å². The lowest BCUT2D eigenvalue weighted by molar-refractivity contribution is -0.385. The van der Waals surface area contributed by atoms with Gasteiger partial charge < -0.3 is 0 Å². The molecule has 1 heterocycles. The van der Waals surface area contributed by atoms with Crippen LogP contribution < -0.4 is 0 Å². The maximum Gasteiger partial charge on any atom is 0.287 e. The zero-order valence-corrected chi connectivity index (χ0v) is 10.4. The molecule has 0 bridgehead atoms. The summed E-state index contributed by atoms with van der Waals surface area (Å²) in [5, 5.41) is 12.0. The van der Waals surface area contributed by atoms with Crippen molar-refractivity contribution in [2.45, 2.75) is 17.9 Å². The predicted octanol–water partition coefficient (Wildman–Crippen LogP) is 3.88. The number of rotatable bonds is 3. The quantitative estimate of drug-likeness (QED) is 0.616. The molecule has 0 unspecified atom stereocenters. The first-order chi connectivity index (χ1) is 8.16. The highest BCUT2D eigenvalue weighted by Crippen LogP contribution is 2.34. The van der Waals surface area contributed by atoms with E-state index in [2.05, 4.69) is 11.1 Å². The van der Waals surface area contributed by atoms with Crippen LogP contribution in [-0.2, 0) is 0 Å². The molecule has 2 rings (SSSR count). The number of thioether (sulfide) groups is 1. The van der Waals surface area contributed by atoms with Crippen LogP contribution >= 0.6 is 23.4 Å². The fourth-order valence-electron chi connectivity index (χ4n) is 1.36. The third-order valence-corrected chi connectivity index (χ3v) is 3.77. The topological polar surface area (TPSA) is 56.0 Å². The van der Waals surface area contributed by atoms with E-state index in [4.69, 9.17) is 11.6 Å². The molecule has 1 aliphatic rings. The zero-order valence-electron chi connectivity index (χ0n) is 8.80. The maximum atomic E-state index is 10.5. The van der Waals surface area contributed by atoms with E-state index >= 15 is 0 Å². The van der Waals surface area contributed by atoms with E-state index in [1.165, 1.54) is 24.0 Å². The van der Waals surface area contributed by atoms with Crippen LogP contribution in [0, 0.1) is 10.1 Å². The minimum absolute atomic E-state index is 0.00591. The summed E-state index contributed by atoms with van der Waals surface area (Å²) >= 11 is 7.51. The second kappa shape index (κ2) is 5.33. The minimum atomic E-state index is -0.464. The van der Waals surface area contributed by atoms with Crippen molar-refractivity contribution >= 4 is 29.1 Å². The predicted molar refractivity (Wildman–Crippen MR) is 68.0 cm³/mol. The maximum absolute atomic E-state index is 10.5. The molecule has 17 heavy (non-hydrogen) atoms. The lowest BCUT2D eigenvalue weighted by Gasteiger charge is -2.09. The number of allylic oxidation sites excluding steroid dienone is 3. The van der Waals surface area contributed by atoms with Crippen molar-refractivity contribution < 1.29 is 4.92 Å². The average molecular weight is 269 g/mol. The standard InChI is InChI=1S/C11H9ClN2O2S/c12-9-3-1-2-4-10(9)17-11-6-5-8(7-13-11)14(15)16/h2,4-7H,1,3H2. The molecule has 0 atom stereocenters. The van der Waals surface area contributed by atoms with E-state index in [-0.39, 0.29) is 5.69 Å². The van der Waals surface area contributed by atoms with E-state index in [0.717, 1.165) is 22.8 Å². The van der Waals surface area contributed by atoms with Crippen LogP contribution in [0.4, 0.5) is 5.69 Å². The van der Waals surface area contributed by atoms with Gasteiger partial charge in [0.15, 0.2) is 0 Å². The Morgan fingerprint density at radius 3 is 2.88 bits per heavy atom. The van der Waals surface area contributed by atoms with Gasteiger partial charge in [0.2, 0.25) is 0 Å². The van der Waals surface area contributed by atoms with Gasteiger partial charge in [-0.05, 0) is 18.9 Å². The van der Waals surface area contributed by atoms with Gasteiger partial charge in [0.1, 0.15) is 11.2 Å². The Balaban J connectivity index is 2.14. The summed E-state index contributed by atoms with van der Waals surface area (Å²) in [6, 6.07) is 3.07. The molecule has 0 amide bonds. The average Bonchev–Trinajstić information content (AvgIpc) is 2.33. The summed E-state index contributed by atoms with van der Waals surface area (Å²) in [5.41, 5.74) is -0.00591. The van der Waals surface area contributed by atoms with Crippen molar-refractivity contribution in [3.05, 3.63) is 50.5 Å². The number of hydrogen-bond acceptors (Lipinski definition) is 4. The summed E-state index contributed by atoms with van der Waals surface area (Å²) < 4.78 is 0. The summed E-state index contributed by atoms with van der Waals surface area (Å²) in [4.78, 5) is 15.0. The Hall–Kier alpha value is -1.33. The Labute approximate surface area is 108 Å². The summed E-state index contributed by atoms with van der Waals surface area (Å²) in [7, 11) is 0. The van der Waals surface area contributed by atoms with E-state index in [1.807, 2.05) is 6.08 Å². The molecule has 4 nitrogen and oxygen atoms in total. The normalized spacial score (nSPS) is 15.1. The minimum Gasteiger partial charge on any atom is -0.258 e. The first-order valence-corrected chi connectivity index (χ1v) is 6.20. The van der Waals surface area contributed by atoms with E-state index in [0.29, 0.717) is 5.03 Å². The number of nitrogens with zero attached hydrogens (tertiary/aromatic N) is 2. The second-order valence-corrected chi connectivity index (χ2v) is 4.94. The third kappa shape index (κ3) is 3.08. The van der Waals surface area contributed by atoms with E-state index in [9.17, 15) is 10.1 Å². The van der Waals surface area contributed by atoms with Gasteiger partial charge in [0.05, 0.1) is 4.92 Å². The first kappa shape index (κ1) is 12.1. The fourth-order valence-corrected chi connectivity index (χ4v) is 2.49. The van der Waals surface area contributed by atoms with Crippen molar-refractivity contribution in [2.75, 3.05) is 0 Å². The van der Waals surface area contributed by atoms with Gasteiger partial charge in [-0.2, -0.15) is 0 Å². The molecule has 0 aromatic carbocycles. The van der Waals surface area contributed by atoms with Gasteiger partial charge in [-0.3, -0.25) is 10.1 Å². The monoisotopic (exact) mass is 268 g/mol. The molecule has 0 radical (unpaired) electrons. The first-order valence-electron chi connectivity index (χ1n) is 5.00. The van der Waals surface area contributed by atoms with E-state index in [1.54, 1.807) is 6.07 Å².